The van der Waals surface area contributed by atoms with Crippen molar-refractivity contribution in [3.8, 4) is 5.75 Å². The Morgan fingerprint density at radius 3 is 2.19 bits per heavy atom. The van der Waals surface area contributed by atoms with Crippen molar-refractivity contribution in [2.45, 2.75) is 24.8 Å². The molecule has 162 valence electrons. The van der Waals surface area contributed by atoms with Gasteiger partial charge in [0.25, 0.3) is 15.9 Å². The highest BCUT2D eigenvalue weighted by molar-refractivity contribution is 7.92. The molecular formula is C24H26N2O4S. The average Bonchev–Trinajstić information content (AvgIpc) is 2.78. The fraction of sp³-hybridized carbons (Fsp3) is 0.208. The fourth-order valence-corrected chi connectivity index (χ4v) is 4.41. The van der Waals surface area contributed by atoms with E-state index < -0.39 is 10.0 Å². The third-order valence-electron chi connectivity index (χ3n) is 5.13. The molecule has 0 saturated heterocycles. The van der Waals surface area contributed by atoms with Crippen LogP contribution in [0.4, 0.5) is 5.69 Å². The molecule has 0 radical (unpaired) electrons. The Morgan fingerprint density at radius 2 is 1.58 bits per heavy atom. The molecule has 0 aliphatic rings. The molecule has 6 nitrogen and oxygen atoms in total. The number of hydrogen-bond donors (Lipinski definition) is 1. The van der Waals surface area contributed by atoms with E-state index in [1.165, 1.54) is 11.4 Å². The van der Waals surface area contributed by atoms with Crippen LogP contribution in [-0.2, 0) is 10.0 Å². The van der Waals surface area contributed by atoms with E-state index in [0.29, 0.717) is 17.0 Å². The number of amides is 1. The van der Waals surface area contributed by atoms with Crippen LogP contribution in [-0.4, -0.2) is 28.5 Å². The summed E-state index contributed by atoms with van der Waals surface area (Å²) in [6, 6.07) is 20.4. The number of para-hydroxylation sites is 1. The summed E-state index contributed by atoms with van der Waals surface area (Å²) in [5.41, 5.74) is 2.76. The van der Waals surface area contributed by atoms with E-state index >= 15 is 0 Å². The summed E-state index contributed by atoms with van der Waals surface area (Å²) in [5, 5.41) is 2.95. The van der Waals surface area contributed by atoms with Gasteiger partial charge in [0.15, 0.2) is 0 Å². The molecule has 7 heteroatoms. The molecule has 0 saturated carbocycles. The lowest BCUT2D eigenvalue weighted by Gasteiger charge is -2.20. The van der Waals surface area contributed by atoms with Crippen LogP contribution in [0.25, 0.3) is 0 Å². The van der Waals surface area contributed by atoms with Crippen molar-refractivity contribution in [3.05, 3.63) is 89.5 Å². The van der Waals surface area contributed by atoms with E-state index in [1.54, 1.807) is 55.6 Å². The quantitative estimate of drug-likeness (QED) is 0.596. The Bertz CT molecular complexity index is 1160. The van der Waals surface area contributed by atoms with Crippen LogP contribution in [0.15, 0.2) is 77.7 Å². The number of benzene rings is 3. The molecule has 0 bridgehead atoms. The summed E-state index contributed by atoms with van der Waals surface area (Å²) < 4.78 is 32.3. The van der Waals surface area contributed by atoms with E-state index in [4.69, 9.17) is 4.74 Å². The molecule has 3 rings (SSSR count). The lowest BCUT2D eigenvalue weighted by atomic mass is 10.1. The van der Waals surface area contributed by atoms with Crippen LogP contribution in [0.3, 0.4) is 0 Å². The minimum absolute atomic E-state index is 0.216. The third-order valence-corrected chi connectivity index (χ3v) is 6.93. The Balaban J connectivity index is 1.74. The van der Waals surface area contributed by atoms with Crippen LogP contribution in [0.2, 0.25) is 0 Å². The predicted molar refractivity (Wildman–Crippen MR) is 122 cm³/mol. The number of rotatable bonds is 7. The first-order valence-corrected chi connectivity index (χ1v) is 11.3. The van der Waals surface area contributed by atoms with E-state index in [-0.39, 0.29) is 16.8 Å². The number of hydrogen-bond acceptors (Lipinski definition) is 4. The van der Waals surface area contributed by atoms with Crippen LogP contribution >= 0.6 is 0 Å². The number of carbonyl (C=O) groups excluding carboxylic acids is 1. The highest BCUT2D eigenvalue weighted by Crippen LogP contribution is 2.25. The molecule has 3 aromatic carbocycles. The van der Waals surface area contributed by atoms with Crippen molar-refractivity contribution in [2.75, 3.05) is 18.5 Å². The summed E-state index contributed by atoms with van der Waals surface area (Å²) >= 11 is 0. The first-order valence-electron chi connectivity index (χ1n) is 9.83. The predicted octanol–water partition coefficient (Wildman–Crippen LogP) is 4.32. The van der Waals surface area contributed by atoms with Crippen molar-refractivity contribution in [1.82, 2.24) is 5.32 Å². The SMILES string of the molecule is COc1ccccc1C(C)NC(=O)c1ccc(N(C)S(=O)(=O)c2ccc(C)cc2)cc1. The second-order valence-electron chi connectivity index (χ2n) is 7.27. The monoisotopic (exact) mass is 438 g/mol. The van der Waals surface area contributed by atoms with Crippen molar-refractivity contribution in [3.63, 3.8) is 0 Å². The van der Waals surface area contributed by atoms with Crippen LogP contribution in [0.5, 0.6) is 5.75 Å². The lowest BCUT2D eigenvalue weighted by molar-refractivity contribution is 0.0939. The average molecular weight is 439 g/mol. The maximum Gasteiger partial charge on any atom is 0.264 e. The van der Waals surface area contributed by atoms with E-state index in [2.05, 4.69) is 5.32 Å². The van der Waals surface area contributed by atoms with Crippen molar-refractivity contribution in [2.24, 2.45) is 0 Å². The zero-order valence-electron chi connectivity index (χ0n) is 18.0. The second-order valence-corrected chi connectivity index (χ2v) is 9.24. The van der Waals surface area contributed by atoms with Gasteiger partial charge in [-0.15, -0.1) is 0 Å². The topological polar surface area (TPSA) is 75.7 Å². The lowest BCUT2D eigenvalue weighted by Crippen LogP contribution is -2.28. The molecule has 0 aliphatic heterocycles. The number of aryl methyl sites for hydroxylation is 1. The number of ether oxygens (including phenoxy) is 1. The number of methoxy groups -OCH3 is 1. The molecule has 1 amide bonds. The summed E-state index contributed by atoms with van der Waals surface area (Å²) in [5.74, 6) is 0.447. The highest BCUT2D eigenvalue weighted by Gasteiger charge is 2.21. The Hall–Kier alpha value is -3.32. The first-order chi connectivity index (χ1) is 14.7. The largest absolute Gasteiger partial charge is 0.496 e. The maximum absolute atomic E-state index is 12.9. The molecule has 31 heavy (non-hydrogen) atoms. The second kappa shape index (κ2) is 9.22. The fourth-order valence-electron chi connectivity index (χ4n) is 3.21. The van der Waals surface area contributed by atoms with Gasteiger partial charge in [0, 0.05) is 18.2 Å². The summed E-state index contributed by atoms with van der Waals surface area (Å²) in [6.45, 7) is 3.78. The van der Waals surface area contributed by atoms with Gasteiger partial charge in [-0.25, -0.2) is 8.42 Å². The van der Waals surface area contributed by atoms with Gasteiger partial charge in [0.1, 0.15) is 5.75 Å². The minimum atomic E-state index is -3.69. The van der Waals surface area contributed by atoms with Crippen molar-refractivity contribution < 1.29 is 17.9 Å². The number of nitrogens with zero attached hydrogens (tertiary/aromatic N) is 1. The van der Waals surface area contributed by atoms with E-state index in [0.717, 1.165) is 11.1 Å². The number of carbonyl (C=O) groups is 1. The molecule has 0 spiro atoms. The number of anilines is 1. The summed E-state index contributed by atoms with van der Waals surface area (Å²) in [4.78, 5) is 12.9. The van der Waals surface area contributed by atoms with E-state index in [1.807, 2.05) is 38.1 Å². The summed E-state index contributed by atoms with van der Waals surface area (Å²) in [7, 11) is -0.601. The molecule has 1 unspecified atom stereocenters. The molecule has 0 fully saturated rings. The zero-order chi connectivity index (χ0) is 22.6. The molecule has 0 aliphatic carbocycles. The van der Waals surface area contributed by atoms with Gasteiger partial charge in [0.05, 0.1) is 23.7 Å². The molecule has 1 N–H and O–H groups in total. The first kappa shape index (κ1) is 22.4. The Morgan fingerprint density at radius 1 is 0.968 bits per heavy atom. The van der Waals surface area contributed by atoms with Gasteiger partial charge < -0.3 is 10.1 Å². The zero-order valence-corrected chi connectivity index (χ0v) is 18.8. The van der Waals surface area contributed by atoms with Crippen LogP contribution in [0.1, 0.15) is 34.5 Å². The molecule has 0 aromatic heterocycles. The van der Waals surface area contributed by atoms with Gasteiger partial charge in [-0.05, 0) is 56.3 Å². The highest BCUT2D eigenvalue weighted by atomic mass is 32.2. The smallest absolute Gasteiger partial charge is 0.264 e. The molecule has 3 aromatic rings. The maximum atomic E-state index is 12.9. The number of sulfonamides is 1. The van der Waals surface area contributed by atoms with E-state index in [9.17, 15) is 13.2 Å². The van der Waals surface area contributed by atoms with Gasteiger partial charge >= 0.3 is 0 Å². The molecule has 1 atom stereocenters. The molecule has 0 heterocycles. The Kier molecular flexibility index (Phi) is 6.65. The van der Waals surface area contributed by atoms with Crippen LogP contribution < -0.4 is 14.4 Å². The summed E-state index contributed by atoms with van der Waals surface area (Å²) in [6.07, 6.45) is 0. The van der Waals surface area contributed by atoms with Gasteiger partial charge in [-0.1, -0.05) is 35.9 Å². The van der Waals surface area contributed by atoms with Gasteiger partial charge in [-0.2, -0.15) is 0 Å². The number of nitrogens with one attached hydrogen (secondary N) is 1. The molecular weight excluding hydrogens is 412 g/mol. The van der Waals surface area contributed by atoms with Gasteiger partial charge in [0.2, 0.25) is 0 Å². The van der Waals surface area contributed by atoms with Crippen molar-refractivity contribution >= 4 is 21.6 Å². The van der Waals surface area contributed by atoms with Gasteiger partial charge in [-0.3, -0.25) is 9.10 Å². The normalized spacial score (nSPS) is 12.1. The third kappa shape index (κ3) is 4.88. The standard InChI is InChI=1S/C24H26N2O4S/c1-17-9-15-21(16-10-17)31(28,29)26(3)20-13-11-19(12-14-20)24(27)25-18(2)22-7-5-6-8-23(22)30-4/h5-16,18H,1-4H3,(H,25,27). The van der Waals surface area contributed by atoms with Crippen molar-refractivity contribution in [1.29, 1.82) is 0 Å². The Labute approximate surface area is 183 Å². The minimum Gasteiger partial charge on any atom is -0.496 e. The van der Waals surface area contributed by atoms with Crippen LogP contribution in [0, 0.1) is 6.92 Å².